The van der Waals surface area contributed by atoms with Crippen molar-refractivity contribution < 1.29 is 4.42 Å². The Balaban J connectivity index is 2.52. The van der Waals surface area contributed by atoms with E-state index in [9.17, 15) is 0 Å². The Labute approximate surface area is 88.5 Å². The van der Waals surface area contributed by atoms with Crippen molar-refractivity contribution in [3.8, 4) is 11.6 Å². The van der Waals surface area contributed by atoms with Crippen molar-refractivity contribution >= 4 is 22.6 Å². The van der Waals surface area contributed by atoms with Crippen molar-refractivity contribution in [3.63, 3.8) is 0 Å². The van der Waals surface area contributed by atoms with Crippen LogP contribution in [0.1, 0.15) is 5.56 Å². The van der Waals surface area contributed by atoms with Crippen LogP contribution in [0.15, 0.2) is 22.7 Å². The van der Waals surface area contributed by atoms with Crippen LogP contribution in [0.5, 0.6) is 0 Å². The highest BCUT2D eigenvalue weighted by molar-refractivity contribution is 14.1. The monoisotopic (exact) mass is 287 g/mol. The van der Waals surface area contributed by atoms with Gasteiger partial charge >= 0.3 is 0 Å². The third kappa shape index (κ3) is 1.69. The molecular formula is C8H6IN3O. The molecule has 0 aliphatic heterocycles. The van der Waals surface area contributed by atoms with Gasteiger partial charge < -0.3 is 4.42 Å². The first kappa shape index (κ1) is 8.61. The third-order valence-corrected chi connectivity index (χ3v) is 2.05. The van der Waals surface area contributed by atoms with Gasteiger partial charge in [0, 0.05) is 28.8 Å². The lowest BCUT2D eigenvalue weighted by atomic mass is 10.2. The summed E-state index contributed by atoms with van der Waals surface area (Å²) in [6.07, 6.45) is 1.71. The van der Waals surface area contributed by atoms with Crippen molar-refractivity contribution in [2.75, 3.05) is 0 Å². The Morgan fingerprint density at radius 2 is 2.23 bits per heavy atom. The fourth-order valence-electron chi connectivity index (χ4n) is 1.01. The standard InChI is InChI=1S/C8H6IN3O/c1-5-3-2-4-10-6(5)7-11-12-8(9)13-7/h2-4H,1H3. The molecule has 0 atom stereocenters. The zero-order valence-corrected chi connectivity index (χ0v) is 9.02. The number of aromatic nitrogens is 3. The van der Waals surface area contributed by atoms with E-state index in [2.05, 4.69) is 15.2 Å². The molecule has 2 aromatic heterocycles. The molecule has 0 saturated heterocycles. The molecular weight excluding hydrogens is 281 g/mol. The number of halogens is 1. The van der Waals surface area contributed by atoms with Gasteiger partial charge in [-0.05, 0) is 18.6 Å². The Morgan fingerprint density at radius 3 is 2.85 bits per heavy atom. The molecule has 2 heterocycles. The summed E-state index contributed by atoms with van der Waals surface area (Å²) in [5, 5.41) is 7.62. The minimum absolute atomic E-state index is 0.475. The molecule has 5 heteroatoms. The maximum Gasteiger partial charge on any atom is 0.278 e. The van der Waals surface area contributed by atoms with E-state index in [1.807, 2.05) is 41.6 Å². The first-order chi connectivity index (χ1) is 6.27. The molecule has 0 spiro atoms. The van der Waals surface area contributed by atoms with Gasteiger partial charge in [0.2, 0.25) is 0 Å². The van der Waals surface area contributed by atoms with Gasteiger partial charge in [-0.25, -0.2) is 0 Å². The normalized spacial score (nSPS) is 10.3. The summed E-state index contributed by atoms with van der Waals surface area (Å²) >= 11 is 1.97. The van der Waals surface area contributed by atoms with Gasteiger partial charge in [-0.1, -0.05) is 6.07 Å². The molecule has 0 aromatic carbocycles. The van der Waals surface area contributed by atoms with Crippen molar-refractivity contribution in [2.24, 2.45) is 0 Å². The van der Waals surface area contributed by atoms with Crippen LogP contribution in [0.3, 0.4) is 0 Å². The molecule has 4 nitrogen and oxygen atoms in total. The van der Waals surface area contributed by atoms with E-state index < -0.39 is 0 Å². The summed E-state index contributed by atoms with van der Waals surface area (Å²) in [5.41, 5.74) is 1.78. The average Bonchev–Trinajstić information content (AvgIpc) is 2.53. The summed E-state index contributed by atoms with van der Waals surface area (Å²) in [6.45, 7) is 1.96. The molecule has 0 saturated carbocycles. The summed E-state index contributed by atoms with van der Waals surface area (Å²) in [5.74, 6) is 0.475. The van der Waals surface area contributed by atoms with Crippen LogP contribution in [0.4, 0.5) is 0 Å². The fraction of sp³-hybridized carbons (Fsp3) is 0.125. The van der Waals surface area contributed by atoms with Crippen molar-refractivity contribution in [1.82, 2.24) is 15.2 Å². The summed E-state index contributed by atoms with van der Waals surface area (Å²) in [4.78, 5) is 4.16. The van der Waals surface area contributed by atoms with Crippen molar-refractivity contribution in [1.29, 1.82) is 0 Å². The molecule has 2 aromatic rings. The lowest BCUT2D eigenvalue weighted by molar-refractivity contribution is 0.534. The third-order valence-electron chi connectivity index (χ3n) is 1.61. The second-order valence-corrected chi connectivity index (χ2v) is 3.45. The number of nitrogens with zero attached hydrogens (tertiary/aromatic N) is 3. The Morgan fingerprint density at radius 1 is 1.38 bits per heavy atom. The molecule has 0 unspecified atom stereocenters. The first-order valence-electron chi connectivity index (χ1n) is 3.68. The van der Waals surface area contributed by atoms with Crippen LogP contribution >= 0.6 is 22.6 Å². The number of rotatable bonds is 1. The predicted octanol–water partition coefficient (Wildman–Crippen LogP) is 2.04. The van der Waals surface area contributed by atoms with Crippen LogP contribution in [0, 0.1) is 10.8 Å². The van der Waals surface area contributed by atoms with Crippen LogP contribution in [0.2, 0.25) is 0 Å². The summed E-state index contributed by atoms with van der Waals surface area (Å²) < 4.78 is 5.78. The van der Waals surface area contributed by atoms with Gasteiger partial charge in [-0.3, -0.25) is 4.98 Å². The molecule has 0 amide bonds. The first-order valence-corrected chi connectivity index (χ1v) is 4.76. The van der Waals surface area contributed by atoms with Crippen molar-refractivity contribution in [3.05, 3.63) is 27.8 Å². The average molecular weight is 287 g/mol. The topological polar surface area (TPSA) is 51.8 Å². The van der Waals surface area contributed by atoms with Gasteiger partial charge in [0.15, 0.2) is 0 Å². The van der Waals surface area contributed by atoms with E-state index in [0.29, 0.717) is 9.79 Å². The van der Waals surface area contributed by atoms with E-state index >= 15 is 0 Å². The highest BCUT2D eigenvalue weighted by Gasteiger charge is 2.09. The second kappa shape index (κ2) is 3.41. The molecule has 0 bridgehead atoms. The highest BCUT2D eigenvalue weighted by Crippen LogP contribution is 2.18. The number of aryl methyl sites for hydroxylation is 1. The zero-order valence-electron chi connectivity index (χ0n) is 6.86. The minimum atomic E-state index is 0.475. The Hall–Kier alpha value is -0.980. The van der Waals surface area contributed by atoms with Gasteiger partial charge in [-0.2, -0.15) is 0 Å². The lowest BCUT2D eigenvalue weighted by Crippen LogP contribution is -1.86. The largest absolute Gasteiger partial charge is 0.410 e. The Kier molecular flexibility index (Phi) is 2.26. The molecule has 0 N–H and O–H groups in total. The van der Waals surface area contributed by atoms with E-state index in [1.165, 1.54) is 0 Å². The van der Waals surface area contributed by atoms with Crippen LogP contribution in [-0.2, 0) is 0 Å². The van der Waals surface area contributed by atoms with Crippen molar-refractivity contribution in [2.45, 2.75) is 6.92 Å². The molecule has 0 radical (unpaired) electrons. The van der Waals surface area contributed by atoms with Crippen LogP contribution in [-0.4, -0.2) is 15.2 Å². The van der Waals surface area contributed by atoms with E-state index in [-0.39, 0.29) is 0 Å². The number of hydrogen-bond donors (Lipinski definition) is 0. The molecule has 0 aliphatic rings. The number of pyridine rings is 1. The second-order valence-electron chi connectivity index (χ2n) is 2.53. The minimum Gasteiger partial charge on any atom is -0.410 e. The Bertz CT molecular complexity index is 427. The van der Waals surface area contributed by atoms with Gasteiger partial charge in [-0.15, -0.1) is 10.2 Å². The maximum atomic E-state index is 5.25. The van der Waals surface area contributed by atoms with E-state index in [1.54, 1.807) is 6.20 Å². The number of hydrogen-bond acceptors (Lipinski definition) is 4. The smallest absolute Gasteiger partial charge is 0.278 e. The molecule has 13 heavy (non-hydrogen) atoms. The molecule has 0 fully saturated rings. The zero-order chi connectivity index (χ0) is 9.26. The summed E-state index contributed by atoms with van der Waals surface area (Å²) in [7, 11) is 0. The van der Waals surface area contributed by atoms with E-state index in [4.69, 9.17) is 4.42 Å². The quantitative estimate of drug-likeness (QED) is 0.753. The predicted molar refractivity (Wildman–Crippen MR) is 55.0 cm³/mol. The van der Waals surface area contributed by atoms with Crippen LogP contribution < -0.4 is 0 Å². The molecule has 2 rings (SSSR count). The van der Waals surface area contributed by atoms with Gasteiger partial charge in [0.1, 0.15) is 5.69 Å². The van der Waals surface area contributed by atoms with Gasteiger partial charge in [0.05, 0.1) is 0 Å². The summed E-state index contributed by atoms with van der Waals surface area (Å²) in [6, 6.07) is 3.83. The highest BCUT2D eigenvalue weighted by atomic mass is 127. The fourth-order valence-corrected chi connectivity index (χ4v) is 1.33. The maximum absolute atomic E-state index is 5.25. The SMILES string of the molecule is Cc1cccnc1-c1nnc(I)o1. The molecule has 0 aliphatic carbocycles. The van der Waals surface area contributed by atoms with E-state index in [0.717, 1.165) is 11.3 Å². The van der Waals surface area contributed by atoms with Crippen LogP contribution in [0.25, 0.3) is 11.6 Å². The lowest BCUT2D eigenvalue weighted by Gasteiger charge is -1.96. The van der Waals surface area contributed by atoms with Gasteiger partial charge in [0.25, 0.3) is 9.79 Å². The molecule has 66 valence electrons.